The number of carbonyl (C=O) groups is 1. The standard InChI is InChI=1S/C21H18N6O2/c1-29-16-4-2-3-13-17(16)24-21(22)27-19(13)25-18(26-27)15-8-14(15)10-5-6-12-11(7-10)9-23-20(12)28/h2-7,14-15H,8-9H2,1H3,(H2,22,24)(H,23,28). The quantitative estimate of drug-likeness (QED) is 0.560. The van der Waals surface area contributed by atoms with Gasteiger partial charge in [-0.2, -0.15) is 4.52 Å². The summed E-state index contributed by atoms with van der Waals surface area (Å²) in [6.45, 7) is 0.599. The highest BCUT2D eigenvalue weighted by Gasteiger charge is 2.43. The van der Waals surface area contributed by atoms with E-state index in [0.29, 0.717) is 29.4 Å². The van der Waals surface area contributed by atoms with Crippen molar-refractivity contribution in [3.05, 3.63) is 58.9 Å². The number of methoxy groups -OCH3 is 1. The monoisotopic (exact) mass is 386 g/mol. The summed E-state index contributed by atoms with van der Waals surface area (Å²) in [6.07, 6.45) is 0.978. The normalized spacial score (nSPS) is 20.1. The molecule has 0 spiro atoms. The van der Waals surface area contributed by atoms with Crippen molar-refractivity contribution in [1.29, 1.82) is 0 Å². The van der Waals surface area contributed by atoms with Gasteiger partial charge >= 0.3 is 0 Å². The summed E-state index contributed by atoms with van der Waals surface area (Å²) in [4.78, 5) is 21.0. The van der Waals surface area contributed by atoms with E-state index in [0.717, 1.165) is 28.8 Å². The van der Waals surface area contributed by atoms with Crippen LogP contribution >= 0.6 is 0 Å². The zero-order valence-electron chi connectivity index (χ0n) is 15.7. The van der Waals surface area contributed by atoms with Gasteiger partial charge in [0.15, 0.2) is 11.5 Å². The van der Waals surface area contributed by atoms with Crippen molar-refractivity contribution in [1.82, 2.24) is 24.9 Å². The Morgan fingerprint density at radius 1 is 1.21 bits per heavy atom. The SMILES string of the molecule is COc1cccc2c1nc(N)n1nc(C3CC3c3ccc4c(c3)CNC4=O)nc21. The first kappa shape index (κ1) is 16.3. The third kappa shape index (κ3) is 2.32. The fraction of sp³-hybridized carbons (Fsp3) is 0.238. The van der Waals surface area contributed by atoms with Gasteiger partial charge in [-0.15, -0.1) is 5.10 Å². The maximum atomic E-state index is 11.8. The average molecular weight is 386 g/mol. The summed E-state index contributed by atoms with van der Waals surface area (Å²) in [5.41, 5.74) is 10.6. The number of hydrogen-bond acceptors (Lipinski definition) is 6. The van der Waals surface area contributed by atoms with Gasteiger partial charge in [0.05, 0.1) is 7.11 Å². The van der Waals surface area contributed by atoms with Gasteiger partial charge in [0.2, 0.25) is 5.95 Å². The first-order valence-electron chi connectivity index (χ1n) is 9.54. The van der Waals surface area contributed by atoms with Crippen LogP contribution in [0.3, 0.4) is 0 Å². The van der Waals surface area contributed by atoms with Crippen LogP contribution < -0.4 is 15.8 Å². The molecule has 0 bridgehead atoms. The van der Waals surface area contributed by atoms with Crippen molar-refractivity contribution in [2.24, 2.45) is 0 Å². The smallest absolute Gasteiger partial charge is 0.251 e. The van der Waals surface area contributed by atoms with E-state index in [1.165, 1.54) is 5.56 Å². The molecule has 0 radical (unpaired) electrons. The second-order valence-electron chi connectivity index (χ2n) is 7.58. The predicted octanol–water partition coefficient (Wildman–Crippen LogP) is 2.38. The number of carbonyl (C=O) groups excluding carboxylic acids is 1. The Morgan fingerprint density at radius 2 is 2.10 bits per heavy atom. The molecule has 1 amide bonds. The molecule has 2 aromatic carbocycles. The van der Waals surface area contributed by atoms with E-state index >= 15 is 0 Å². The maximum Gasteiger partial charge on any atom is 0.251 e. The van der Waals surface area contributed by atoms with Gasteiger partial charge in [-0.05, 0) is 41.7 Å². The highest BCUT2D eigenvalue weighted by Crippen LogP contribution is 2.54. The third-order valence-electron chi connectivity index (χ3n) is 5.89. The van der Waals surface area contributed by atoms with Crippen molar-refractivity contribution in [3.63, 3.8) is 0 Å². The van der Waals surface area contributed by atoms with E-state index in [1.807, 2.05) is 30.3 Å². The van der Waals surface area contributed by atoms with Crippen LogP contribution in [0.2, 0.25) is 0 Å². The van der Waals surface area contributed by atoms with E-state index in [9.17, 15) is 4.79 Å². The van der Waals surface area contributed by atoms with Crippen LogP contribution in [0.5, 0.6) is 5.75 Å². The summed E-state index contributed by atoms with van der Waals surface area (Å²) in [5, 5.41) is 8.38. The molecule has 8 heteroatoms. The molecule has 0 saturated heterocycles. The molecule has 1 saturated carbocycles. The lowest BCUT2D eigenvalue weighted by atomic mass is 10.0. The number of nitrogens with two attached hydrogens (primary N) is 1. The second kappa shape index (κ2) is 5.66. The largest absolute Gasteiger partial charge is 0.494 e. The summed E-state index contributed by atoms with van der Waals surface area (Å²) in [7, 11) is 1.61. The average Bonchev–Trinajstić information content (AvgIpc) is 3.26. The first-order valence-corrected chi connectivity index (χ1v) is 9.54. The van der Waals surface area contributed by atoms with Crippen molar-refractivity contribution in [2.45, 2.75) is 24.8 Å². The van der Waals surface area contributed by atoms with Crippen molar-refractivity contribution < 1.29 is 9.53 Å². The zero-order chi connectivity index (χ0) is 19.7. The van der Waals surface area contributed by atoms with Gasteiger partial charge < -0.3 is 15.8 Å². The number of nitrogens with zero attached hydrogens (tertiary/aromatic N) is 4. The van der Waals surface area contributed by atoms with E-state index in [2.05, 4.69) is 21.5 Å². The van der Waals surface area contributed by atoms with Gasteiger partial charge in [0.1, 0.15) is 11.3 Å². The van der Waals surface area contributed by atoms with Crippen LogP contribution in [0.1, 0.15) is 45.6 Å². The van der Waals surface area contributed by atoms with E-state index in [4.69, 9.17) is 15.5 Å². The van der Waals surface area contributed by atoms with Gasteiger partial charge in [0.25, 0.3) is 5.91 Å². The molecule has 1 fully saturated rings. The number of anilines is 1. The molecule has 2 unspecified atom stereocenters. The number of benzene rings is 2. The number of rotatable bonds is 3. The van der Waals surface area contributed by atoms with E-state index in [-0.39, 0.29) is 17.8 Å². The van der Waals surface area contributed by atoms with Crippen LogP contribution in [0, 0.1) is 0 Å². The second-order valence-corrected chi connectivity index (χ2v) is 7.58. The molecular weight excluding hydrogens is 368 g/mol. The zero-order valence-corrected chi connectivity index (χ0v) is 15.7. The highest BCUT2D eigenvalue weighted by molar-refractivity contribution is 5.98. The minimum Gasteiger partial charge on any atom is -0.494 e. The highest BCUT2D eigenvalue weighted by atomic mass is 16.5. The fourth-order valence-electron chi connectivity index (χ4n) is 4.30. The minimum absolute atomic E-state index is 0.00574. The lowest BCUT2D eigenvalue weighted by Crippen LogP contribution is -2.12. The Kier molecular flexibility index (Phi) is 3.18. The molecule has 1 aliphatic carbocycles. The van der Waals surface area contributed by atoms with Crippen molar-refractivity contribution in [2.75, 3.05) is 12.8 Å². The Hall–Kier alpha value is -3.68. The molecular formula is C21H18N6O2. The number of aromatic nitrogens is 4. The van der Waals surface area contributed by atoms with Crippen LogP contribution in [-0.4, -0.2) is 32.6 Å². The van der Waals surface area contributed by atoms with E-state index in [1.54, 1.807) is 11.6 Å². The molecule has 8 nitrogen and oxygen atoms in total. The van der Waals surface area contributed by atoms with Crippen molar-refractivity contribution >= 4 is 28.4 Å². The Labute approximate surface area is 165 Å². The summed E-state index contributed by atoms with van der Waals surface area (Å²) in [5.74, 6) is 2.31. The van der Waals surface area contributed by atoms with Gasteiger partial charge in [-0.25, -0.2) is 9.97 Å². The fourth-order valence-corrected chi connectivity index (χ4v) is 4.30. The molecule has 1 aliphatic heterocycles. The molecule has 29 heavy (non-hydrogen) atoms. The topological polar surface area (TPSA) is 107 Å². The number of para-hydroxylation sites is 1. The number of amides is 1. The predicted molar refractivity (Wildman–Crippen MR) is 107 cm³/mol. The Morgan fingerprint density at radius 3 is 2.97 bits per heavy atom. The van der Waals surface area contributed by atoms with E-state index < -0.39 is 0 Å². The van der Waals surface area contributed by atoms with Crippen LogP contribution in [-0.2, 0) is 6.54 Å². The lowest BCUT2D eigenvalue weighted by Gasteiger charge is -2.06. The molecule has 144 valence electrons. The Balaban J connectivity index is 1.40. The maximum absolute atomic E-state index is 11.8. The van der Waals surface area contributed by atoms with Gasteiger partial charge in [-0.1, -0.05) is 18.2 Å². The molecule has 3 heterocycles. The number of fused-ring (bicyclic) bond motifs is 4. The Bertz CT molecular complexity index is 1330. The molecule has 3 N–H and O–H groups in total. The summed E-state index contributed by atoms with van der Waals surface area (Å²) < 4.78 is 7.02. The molecule has 2 aliphatic rings. The molecule has 4 aromatic rings. The summed E-state index contributed by atoms with van der Waals surface area (Å²) >= 11 is 0. The lowest BCUT2D eigenvalue weighted by molar-refractivity contribution is 0.0965. The van der Waals surface area contributed by atoms with Gasteiger partial charge in [0, 0.05) is 23.4 Å². The number of hydrogen-bond donors (Lipinski definition) is 2. The molecule has 6 rings (SSSR count). The first-order chi connectivity index (χ1) is 14.1. The molecule has 2 aromatic heterocycles. The molecule has 2 atom stereocenters. The van der Waals surface area contributed by atoms with Crippen LogP contribution in [0.25, 0.3) is 16.6 Å². The summed E-state index contributed by atoms with van der Waals surface area (Å²) in [6, 6.07) is 11.8. The van der Waals surface area contributed by atoms with Crippen LogP contribution in [0.4, 0.5) is 5.95 Å². The number of nitrogen functional groups attached to an aromatic ring is 1. The number of ether oxygens (including phenoxy) is 1. The van der Waals surface area contributed by atoms with Gasteiger partial charge in [-0.3, -0.25) is 4.79 Å². The number of nitrogens with one attached hydrogen (secondary N) is 1. The van der Waals surface area contributed by atoms with Crippen molar-refractivity contribution in [3.8, 4) is 5.75 Å². The van der Waals surface area contributed by atoms with Crippen LogP contribution in [0.15, 0.2) is 36.4 Å². The minimum atomic E-state index is 0.00574. The third-order valence-corrected chi connectivity index (χ3v) is 5.89.